The van der Waals surface area contributed by atoms with Crippen LogP contribution in [-0.2, 0) is 9.59 Å². The lowest BCUT2D eigenvalue weighted by Crippen LogP contribution is -2.36. The molecule has 0 saturated carbocycles. The predicted molar refractivity (Wildman–Crippen MR) is 67.4 cm³/mol. The topological polar surface area (TPSA) is 40.6 Å². The predicted octanol–water partition coefficient (Wildman–Crippen LogP) is 1.78. The summed E-state index contributed by atoms with van der Waals surface area (Å²) < 4.78 is 12.8. The molecule has 0 aliphatic carbocycles. The van der Waals surface area contributed by atoms with Gasteiger partial charge in [-0.3, -0.25) is 19.6 Å². The van der Waals surface area contributed by atoms with Crippen LogP contribution in [0.2, 0.25) is 0 Å². The largest absolute Gasteiger partial charge is 0.298 e. The summed E-state index contributed by atoms with van der Waals surface area (Å²) in [4.78, 5) is 21.4. The third-order valence-corrected chi connectivity index (χ3v) is 2.81. The van der Waals surface area contributed by atoms with Gasteiger partial charge in [0.25, 0.3) is 0 Å². The zero-order valence-corrected chi connectivity index (χ0v) is 10.6. The summed E-state index contributed by atoms with van der Waals surface area (Å²) in [5.74, 6) is -0.316. The Morgan fingerprint density at radius 3 is 2.06 bits per heavy atom. The molecule has 1 rings (SSSR count). The lowest BCUT2D eigenvalue weighted by atomic mass is 10.2. The van der Waals surface area contributed by atoms with Gasteiger partial charge in [-0.1, -0.05) is 0 Å². The Balaban J connectivity index is 3.00. The molecule has 0 aliphatic heterocycles. The number of benzene rings is 1. The van der Waals surface area contributed by atoms with Crippen LogP contribution in [0.15, 0.2) is 35.5 Å². The number of halogens is 1. The van der Waals surface area contributed by atoms with Gasteiger partial charge in [-0.15, -0.1) is 0 Å². The molecule has 0 aromatic heterocycles. The van der Waals surface area contributed by atoms with Crippen LogP contribution in [0.1, 0.15) is 6.92 Å². The summed E-state index contributed by atoms with van der Waals surface area (Å²) in [5.41, 5.74) is 1.34. The highest BCUT2D eigenvalue weighted by Crippen LogP contribution is 2.17. The van der Waals surface area contributed by atoms with Crippen molar-refractivity contribution in [1.82, 2.24) is 5.01 Å². The molecule has 18 heavy (non-hydrogen) atoms. The average molecular weight is 250 g/mol. The third kappa shape index (κ3) is 2.94. The lowest BCUT2D eigenvalue weighted by Gasteiger charge is -2.32. The van der Waals surface area contributed by atoms with E-state index < -0.39 is 0 Å². The highest BCUT2D eigenvalue weighted by molar-refractivity contribution is 6.00. The van der Waals surface area contributed by atoms with Crippen molar-refractivity contribution < 1.29 is 14.0 Å². The Hall–Kier alpha value is -2.17. The molecular formula is C13H15FN2O2. The Kier molecular flexibility index (Phi) is 4.59. The zero-order chi connectivity index (χ0) is 13.7. The second kappa shape index (κ2) is 5.95. The van der Waals surface area contributed by atoms with Gasteiger partial charge in [-0.2, -0.15) is 0 Å². The van der Waals surface area contributed by atoms with Gasteiger partial charge in [0.2, 0.25) is 0 Å². The molecule has 0 bridgehead atoms. The highest BCUT2D eigenvalue weighted by Gasteiger charge is 2.11. The first-order chi connectivity index (χ1) is 8.51. The minimum atomic E-state index is -0.316. The van der Waals surface area contributed by atoms with E-state index in [1.165, 1.54) is 12.1 Å². The van der Waals surface area contributed by atoms with Gasteiger partial charge in [0.1, 0.15) is 5.82 Å². The number of hydrogen-bond acceptors (Lipinski definition) is 4. The van der Waals surface area contributed by atoms with Crippen molar-refractivity contribution in [2.45, 2.75) is 6.92 Å². The van der Waals surface area contributed by atoms with Crippen molar-refractivity contribution in [2.24, 2.45) is 0 Å². The van der Waals surface area contributed by atoms with E-state index in [2.05, 4.69) is 0 Å². The Bertz CT molecular complexity index is 458. The molecule has 0 fully saturated rings. The molecule has 5 heteroatoms. The second-order valence-electron chi connectivity index (χ2n) is 3.80. The van der Waals surface area contributed by atoms with Crippen molar-refractivity contribution in [2.75, 3.05) is 19.1 Å². The number of aldehydes is 2. The first-order valence-corrected chi connectivity index (χ1v) is 5.35. The molecule has 0 saturated heterocycles. The van der Waals surface area contributed by atoms with Gasteiger partial charge in [0.05, 0.1) is 11.3 Å². The first kappa shape index (κ1) is 13.9. The van der Waals surface area contributed by atoms with Gasteiger partial charge in [0.15, 0.2) is 12.6 Å². The van der Waals surface area contributed by atoms with Crippen LogP contribution in [-0.4, -0.2) is 31.7 Å². The maximum Gasteiger partial charge on any atom is 0.155 e. The average Bonchev–Trinajstić information content (AvgIpc) is 2.39. The zero-order valence-electron chi connectivity index (χ0n) is 10.6. The fourth-order valence-corrected chi connectivity index (χ4v) is 1.44. The number of rotatable bonds is 5. The lowest BCUT2D eigenvalue weighted by molar-refractivity contribution is -0.109. The van der Waals surface area contributed by atoms with Gasteiger partial charge >= 0.3 is 0 Å². The van der Waals surface area contributed by atoms with Crippen LogP contribution in [0.25, 0.3) is 0 Å². The summed E-state index contributed by atoms with van der Waals surface area (Å²) in [6.07, 6.45) is 1.02. The van der Waals surface area contributed by atoms with Crippen LogP contribution in [0.5, 0.6) is 0 Å². The minimum Gasteiger partial charge on any atom is -0.298 e. The van der Waals surface area contributed by atoms with E-state index in [9.17, 15) is 14.0 Å². The minimum absolute atomic E-state index is 0.0754. The summed E-state index contributed by atoms with van der Waals surface area (Å²) in [7, 11) is 3.47. The number of anilines is 1. The van der Waals surface area contributed by atoms with Crippen molar-refractivity contribution >= 4 is 18.3 Å². The summed E-state index contributed by atoms with van der Waals surface area (Å²) in [6, 6.07) is 5.92. The first-order valence-electron chi connectivity index (χ1n) is 5.35. The quantitative estimate of drug-likeness (QED) is 0.262. The van der Waals surface area contributed by atoms with E-state index in [1.54, 1.807) is 43.2 Å². The van der Waals surface area contributed by atoms with Gasteiger partial charge in [0, 0.05) is 19.8 Å². The van der Waals surface area contributed by atoms with Crippen LogP contribution >= 0.6 is 0 Å². The molecule has 96 valence electrons. The van der Waals surface area contributed by atoms with E-state index in [4.69, 9.17) is 0 Å². The van der Waals surface area contributed by atoms with Crippen LogP contribution in [0.3, 0.4) is 0 Å². The van der Waals surface area contributed by atoms with E-state index in [0.29, 0.717) is 18.3 Å². The summed E-state index contributed by atoms with van der Waals surface area (Å²) in [5, 5.41) is 3.35. The SMILES string of the molecule is CC(=C(C=O)C=O)N(C)N(C)c1ccc(F)cc1. The summed E-state index contributed by atoms with van der Waals surface area (Å²) in [6.45, 7) is 1.66. The Labute approximate surface area is 105 Å². The normalized spacial score (nSPS) is 9.56. The summed E-state index contributed by atoms with van der Waals surface area (Å²) >= 11 is 0. The molecule has 4 nitrogen and oxygen atoms in total. The number of carbonyl (C=O) groups excluding carboxylic acids is 2. The maximum atomic E-state index is 12.8. The number of carbonyl (C=O) groups is 2. The molecule has 0 radical (unpaired) electrons. The Morgan fingerprint density at radius 2 is 1.61 bits per heavy atom. The molecule has 1 aromatic carbocycles. The standard InChI is InChI=1S/C13H15FN2O2/c1-10(11(8-17)9-18)15(2)16(3)13-6-4-12(14)5-7-13/h4-9H,1-3H3. The van der Waals surface area contributed by atoms with Crippen molar-refractivity contribution in [3.63, 3.8) is 0 Å². The molecule has 0 heterocycles. The maximum absolute atomic E-state index is 12.8. The number of allylic oxidation sites excluding steroid dienone is 2. The van der Waals surface area contributed by atoms with E-state index in [1.807, 2.05) is 0 Å². The highest BCUT2D eigenvalue weighted by atomic mass is 19.1. The molecule has 0 spiro atoms. The molecule has 0 N–H and O–H groups in total. The van der Waals surface area contributed by atoms with E-state index in [0.717, 1.165) is 5.69 Å². The molecule has 0 amide bonds. The smallest absolute Gasteiger partial charge is 0.155 e. The van der Waals surface area contributed by atoms with E-state index >= 15 is 0 Å². The number of nitrogens with zero attached hydrogens (tertiary/aromatic N) is 2. The van der Waals surface area contributed by atoms with Crippen LogP contribution in [0, 0.1) is 5.82 Å². The molecule has 0 atom stereocenters. The third-order valence-electron chi connectivity index (χ3n) is 2.81. The fourth-order valence-electron chi connectivity index (χ4n) is 1.44. The van der Waals surface area contributed by atoms with Crippen molar-refractivity contribution in [3.8, 4) is 0 Å². The van der Waals surface area contributed by atoms with Crippen LogP contribution < -0.4 is 5.01 Å². The van der Waals surface area contributed by atoms with Crippen LogP contribution in [0.4, 0.5) is 10.1 Å². The number of hydrazine groups is 1. The van der Waals surface area contributed by atoms with Crippen molar-refractivity contribution in [3.05, 3.63) is 41.4 Å². The fraction of sp³-hybridized carbons (Fsp3) is 0.231. The number of hydrogen-bond donors (Lipinski definition) is 0. The Morgan fingerprint density at radius 1 is 1.11 bits per heavy atom. The molecule has 1 aromatic rings. The molecular weight excluding hydrogens is 235 g/mol. The molecule has 0 aliphatic rings. The van der Waals surface area contributed by atoms with Gasteiger partial charge in [-0.25, -0.2) is 4.39 Å². The van der Waals surface area contributed by atoms with E-state index in [-0.39, 0.29) is 11.4 Å². The monoisotopic (exact) mass is 250 g/mol. The molecule has 0 unspecified atom stereocenters. The van der Waals surface area contributed by atoms with Gasteiger partial charge in [-0.05, 0) is 31.2 Å². The van der Waals surface area contributed by atoms with Crippen molar-refractivity contribution in [1.29, 1.82) is 0 Å². The van der Waals surface area contributed by atoms with Gasteiger partial charge < -0.3 is 0 Å². The second-order valence-corrected chi connectivity index (χ2v) is 3.80.